The van der Waals surface area contributed by atoms with Gasteiger partial charge in [-0.25, -0.2) is 13.6 Å². The van der Waals surface area contributed by atoms with Crippen molar-refractivity contribution < 1.29 is 18.3 Å². The molecule has 0 aliphatic heterocycles. The topological polar surface area (TPSA) is 26.3 Å². The average Bonchev–Trinajstić information content (AvgIpc) is 2.16. The summed E-state index contributed by atoms with van der Waals surface area (Å²) in [4.78, 5) is 10.9. The van der Waals surface area contributed by atoms with Crippen molar-refractivity contribution in [2.24, 2.45) is 0 Å². The highest BCUT2D eigenvalue weighted by atomic mass is 35.5. The monoisotopic (exact) mass is 220 g/mol. The Morgan fingerprint density at radius 1 is 1.43 bits per heavy atom. The van der Waals surface area contributed by atoms with Crippen LogP contribution in [0, 0.1) is 11.6 Å². The van der Waals surface area contributed by atoms with Gasteiger partial charge in [-0.3, -0.25) is 0 Å². The van der Waals surface area contributed by atoms with E-state index in [0.717, 1.165) is 19.2 Å². The molecular formula is C9H7ClF2O2. The molecule has 0 N–H and O–H groups in total. The Morgan fingerprint density at radius 3 is 2.29 bits per heavy atom. The molecule has 1 rings (SSSR count). The minimum Gasteiger partial charge on any atom is -0.465 e. The van der Waals surface area contributed by atoms with Crippen LogP contribution in [-0.2, 0) is 10.6 Å². The van der Waals surface area contributed by atoms with Crippen LogP contribution in [0.4, 0.5) is 8.78 Å². The molecule has 0 fully saturated rings. The molecule has 5 heteroatoms. The highest BCUT2D eigenvalue weighted by molar-refractivity contribution is 6.17. The van der Waals surface area contributed by atoms with Gasteiger partial charge in [-0.15, -0.1) is 11.6 Å². The Morgan fingerprint density at radius 2 is 1.93 bits per heavy atom. The van der Waals surface area contributed by atoms with Gasteiger partial charge in [0.15, 0.2) is 0 Å². The maximum atomic E-state index is 13.1. The summed E-state index contributed by atoms with van der Waals surface area (Å²) in [6.07, 6.45) is 0. The number of halogens is 3. The molecular weight excluding hydrogens is 214 g/mol. The molecule has 1 aromatic carbocycles. The number of esters is 1. The number of alkyl halides is 1. The molecule has 0 radical (unpaired) electrons. The fraction of sp³-hybridized carbons (Fsp3) is 0.222. The molecule has 0 atom stereocenters. The molecule has 2 nitrogen and oxygen atoms in total. The van der Waals surface area contributed by atoms with Gasteiger partial charge in [0, 0.05) is 5.56 Å². The molecule has 0 aromatic heterocycles. The van der Waals surface area contributed by atoms with Crippen molar-refractivity contribution in [2.45, 2.75) is 5.88 Å². The van der Waals surface area contributed by atoms with Crippen molar-refractivity contribution in [2.75, 3.05) is 7.11 Å². The largest absolute Gasteiger partial charge is 0.465 e. The van der Waals surface area contributed by atoms with Crippen molar-refractivity contribution in [1.82, 2.24) is 0 Å². The third-order valence-electron chi connectivity index (χ3n) is 1.70. The lowest BCUT2D eigenvalue weighted by Gasteiger charge is -2.03. The van der Waals surface area contributed by atoms with Gasteiger partial charge in [-0.2, -0.15) is 0 Å². The van der Waals surface area contributed by atoms with Crippen LogP contribution in [-0.4, -0.2) is 13.1 Å². The van der Waals surface area contributed by atoms with Crippen LogP contribution in [0.5, 0.6) is 0 Å². The molecule has 0 saturated heterocycles. The van der Waals surface area contributed by atoms with E-state index in [4.69, 9.17) is 11.6 Å². The zero-order valence-corrected chi connectivity index (χ0v) is 8.07. The van der Waals surface area contributed by atoms with Gasteiger partial charge in [0.2, 0.25) is 0 Å². The molecule has 0 amide bonds. The molecule has 0 saturated carbocycles. The number of ether oxygens (including phenoxy) is 1. The van der Waals surface area contributed by atoms with E-state index in [0.29, 0.717) is 0 Å². The minimum atomic E-state index is -0.847. The molecule has 14 heavy (non-hydrogen) atoms. The number of hydrogen-bond donors (Lipinski definition) is 0. The smallest absolute Gasteiger partial charge is 0.338 e. The van der Waals surface area contributed by atoms with Gasteiger partial charge in [-0.05, 0) is 12.1 Å². The molecule has 0 aliphatic carbocycles. The summed E-state index contributed by atoms with van der Waals surface area (Å²) in [7, 11) is 1.13. The van der Waals surface area contributed by atoms with Gasteiger partial charge in [0.25, 0.3) is 0 Å². The van der Waals surface area contributed by atoms with Crippen LogP contribution in [0.15, 0.2) is 12.1 Å². The molecule has 0 unspecified atom stereocenters. The first-order valence-electron chi connectivity index (χ1n) is 3.72. The third-order valence-corrected chi connectivity index (χ3v) is 1.96. The summed E-state index contributed by atoms with van der Waals surface area (Å²) >= 11 is 5.31. The van der Waals surface area contributed by atoms with Crippen molar-refractivity contribution in [1.29, 1.82) is 0 Å². The van der Waals surface area contributed by atoms with Crippen LogP contribution >= 0.6 is 11.6 Å². The number of rotatable bonds is 2. The Bertz CT molecular complexity index is 343. The van der Waals surface area contributed by atoms with Crippen LogP contribution in [0.1, 0.15) is 15.9 Å². The van der Waals surface area contributed by atoms with Gasteiger partial charge in [0.05, 0.1) is 18.6 Å². The van der Waals surface area contributed by atoms with Crippen molar-refractivity contribution >= 4 is 17.6 Å². The lowest BCUT2D eigenvalue weighted by atomic mass is 10.1. The summed E-state index contributed by atoms with van der Waals surface area (Å²) in [5, 5.41) is 0. The summed E-state index contributed by atoms with van der Waals surface area (Å²) in [6, 6.07) is 1.79. The summed E-state index contributed by atoms with van der Waals surface area (Å²) in [6.45, 7) is 0. The SMILES string of the molecule is COC(=O)c1cc(F)c(CCl)c(F)c1. The lowest BCUT2D eigenvalue weighted by molar-refractivity contribution is 0.0599. The standard InChI is InChI=1S/C9H7ClF2O2/c1-14-9(13)5-2-7(11)6(4-10)8(12)3-5/h2-3H,4H2,1H3. The first-order chi connectivity index (χ1) is 6.60. The summed E-state index contributed by atoms with van der Waals surface area (Å²) < 4.78 is 30.5. The predicted octanol–water partition coefficient (Wildman–Crippen LogP) is 2.49. The Labute approximate surface area is 84.4 Å². The average molecular weight is 221 g/mol. The van der Waals surface area contributed by atoms with Crippen molar-refractivity contribution in [3.63, 3.8) is 0 Å². The fourth-order valence-electron chi connectivity index (χ4n) is 0.966. The van der Waals surface area contributed by atoms with E-state index in [2.05, 4.69) is 4.74 Å². The third kappa shape index (κ3) is 2.01. The van der Waals surface area contributed by atoms with Crippen LogP contribution in [0.25, 0.3) is 0 Å². The molecule has 76 valence electrons. The zero-order chi connectivity index (χ0) is 10.7. The van der Waals surface area contributed by atoms with E-state index in [1.54, 1.807) is 0 Å². The van der Waals surface area contributed by atoms with Gasteiger partial charge >= 0.3 is 5.97 Å². The zero-order valence-electron chi connectivity index (χ0n) is 7.31. The Kier molecular flexibility index (Phi) is 3.41. The number of hydrogen-bond acceptors (Lipinski definition) is 2. The highest BCUT2D eigenvalue weighted by Crippen LogP contribution is 2.17. The second-order valence-electron chi connectivity index (χ2n) is 2.54. The number of methoxy groups -OCH3 is 1. The number of benzene rings is 1. The Balaban J connectivity index is 3.20. The second kappa shape index (κ2) is 4.37. The molecule has 0 aliphatic rings. The van der Waals surface area contributed by atoms with Gasteiger partial charge in [-0.1, -0.05) is 0 Å². The van der Waals surface area contributed by atoms with Crippen LogP contribution in [0.3, 0.4) is 0 Å². The van der Waals surface area contributed by atoms with E-state index >= 15 is 0 Å². The lowest BCUT2D eigenvalue weighted by Crippen LogP contribution is -2.04. The molecule has 0 spiro atoms. The van der Waals surface area contributed by atoms with Gasteiger partial charge < -0.3 is 4.74 Å². The highest BCUT2D eigenvalue weighted by Gasteiger charge is 2.14. The van der Waals surface area contributed by atoms with Crippen molar-refractivity contribution in [3.8, 4) is 0 Å². The van der Waals surface area contributed by atoms with E-state index in [-0.39, 0.29) is 17.0 Å². The predicted molar refractivity (Wildman–Crippen MR) is 47.3 cm³/mol. The minimum absolute atomic E-state index is 0.170. The number of carbonyl (C=O) groups excluding carboxylic acids is 1. The summed E-state index contributed by atoms with van der Waals surface area (Å²) in [5.41, 5.74) is -0.421. The van der Waals surface area contributed by atoms with E-state index in [1.165, 1.54) is 0 Å². The normalized spacial score (nSPS) is 10.0. The quantitative estimate of drug-likeness (QED) is 0.565. The Hall–Kier alpha value is -1.16. The molecule has 0 bridgehead atoms. The molecule has 0 heterocycles. The number of carbonyl (C=O) groups is 1. The fourth-order valence-corrected chi connectivity index (χ4v) is 1.22. The molecule has 1 aromatic rings. The first-order valence-corrected chi connectivity index (χ1v) is 4.25. The van der Waals surface area contributed by atoms with E-state index < -0.39 is 17.6 Å². The maximum Gasteiger partial charge on any atom is 0.338 e. The van der Waals surface area contributed by atoms with Crippen LogP contribution < -0.4 is 0 Å². The van der Waals surface area contributed by atoms with Crippen molar-refractivity contribution in [3.05, 3.63) is 34.9 Å². The van der Waals surface area contributed by atoms with E-state index in [1.807, 2.05) is 0 Å². The second-order valence-corrected chi connectivity index (χ2v) is 2.81. The maximum absolute atomic E-state index is 13.1. The van der Waals surface area contributed by atoms with Gasteiger partial charge in [0.1, 0.15) is 11.6 Å². The summed E-state index contributed by atoms with van der Waals surface area (Å²) in [5.74, 6) is -2.76. The van der Waals surface area contributed by atoms with Crippen LogP contribution in [0.2, 0.25) is 0 Å². The van der Waals surface area contributed by atoms with E-state index in [9.17, 15) is 13.6 Å². The first kappa shape index (κ1) is 10.9.